The van der Waals surface area contributed by atoms with Crippen molar-refractivity contribution in [1.82, 2.24) is 10.2 Å². The summed E-state index contributed by atoms with van der Waals surface area (Å²) in [5.74, 6) is 0.732. The van der Waals surface area contributed by atoms with Gasteiger partial charge < -0.3 is 10.2 Å². The van der Waals surface area contributed by atoms with E-state index >= 15 is 0 Å². The largest absolute Gasteiger partial charge is 0.309 e. The number of nitrogens with one attached hydrogen (secondary N) is 1. The monoisotopic (exact) mass is 262 g/mol. The highest BCUT2D eigenvalue weighted by Crippen LogP contribution is 2.12. The second-order valence-electron chi connectivity index (χ2n) is 6.40. The van der Waals surface area contributed by atoms with Gasteiger partial charge in [0.05, 0.1) is 0 Å². The fraction of sp³-hybridized carbons (Fsp3) is 0.647. The molecule has 1 aromatic carbocycles. The van der Waals surface area contributed by atoms with Crippen LogP contribution in [0.15, 0.2) is 18.2 Å². The van der Waals surface area contributed by atoms with E-state index in [0.29, 0.717) is 6.04 Å². The normalized spacial score (nSPS) is 13.3. The second kappa shape index (κ2) is 7.66. The van der Waals surface area contributed by atoms with Gasteiger partial charge in [0, 0.05) is 19.1 Å². The maximum atomic E-state index is 3.73. The Morgan fingerprint density at radius 3 is 2.42 bits per heavy atom. The fourth-order valence-electron chi connectivity index (χ4n) is 2.48. The van der Waals surface area contributed by atoms with Crippen molar-refractivity contribution in [1.29, 1.82) is 0 Å². The molecule has 1 atom stereocenters. The Labute approximate surface area is 119 Å². The fourth-order valence-corrected chi connectivity index (χ4v) is 2.48. The molecule has 1 aromatic rings. The first-order valence-electron chi connectivity index (χ1n) is 7.32. The van der Waals surface area contributed by atoms with Crippen molar-refractivity contribution in [3.05, 3.63) is 34.9 Å². The molecule has 1 unspecified atom stereocenters. The molecular weight excluding hydrogens is 232 g/mol. The van der Waals surface area contributed by atoms with Crippen LogP contribution in [0.25, 0.3) is 0 Å². The van der Waals surface area contributed by atoms with Crippen LogP contribution >= 0.6 is 0 Å². The number of likely N-dealkylation sites (N-methyl/N-ethyl adjacent to an activating group) is 1. The molecule has 0 bridgehead atoms. The molecule has 0 heterocycles. The van der Waals surface area contributed by atoms with Gasteiger partial charge in [0.25, 0.3) is 0 Å². The number of nitrogens with zero attached hydrogens (tertiary/aromatic N) is 1. The molecule has 108 valence electrons. The Bertz CT molecular complexity index is 373. The minimum absolute atomic E-state index is 0.565. The number of hydrogen-bond acceptors (Lipinski definition) is 2. The molecule has 2 heteroatoms. The minimum Gasteiger partial charge on any atom is -0.309 e. The quantitative estimate of drug-likeness (QED) is 0.810. The molecule has 0 aliphatic heterocycles. The minimum atomic E-state index is 0.565. The molecule has 0 saturated heterocycles. The Balaban J connectivity index is 2.61. The zero-order chi connectivity index (χ0) is 14.4. The van der Waals surface area contributed by atoms with Crippen molar-refractivity contribution in [3.63, 3.8) is 0 Å². The molecule has 1 rings (SSSR count). The highest BCUT2D eigenvalue weighted by molar-refractivity contribution is 5.30. The smallest absolute Gasteiger partial charge is 0.0211 e. The van der Waals surface area contributed by atoms with E-state index < -0.39 is 0 Å². The van der Waals surface area contributed by atoms with Crippen LogP contribution in [-0.4, -0.2) is 31.6 Å². The van der Waals surface area contributed by atoms with Gasteiger partial charge >= 0.3 is 0 Å². The van der Waals surface area contributed by atoms with E-state index in [4.69, 9.17) is 0 Å². The molecule has 19 heavy (non-hydrogen) atoms. The van der Waals surface area contributed by atoms with Crippen LogP contribution in [0.2, 0.25) is 0 Å². The van der Waals surface area contributed by atoms with Crippen LogP contribution in [0, 0.1) is 19.8 Å². The van der Waals surface area contributed by atoms with Crippen LogP contribution in [-0.2, 0) is 6.54 Å². The molecule has 2 nitrogen and oxygen atoms in total. The van der Waals surface area contributed by atoms with Crippen LogP contribution in [0.1, 0.15) is 37.0 Å². The third kappa shape index (κ3) is 6.22. The molecule has 0 fully saturated rings. The van der Waals surface area contributed by atoms with E-state index in [2.05, 4.69) is 70.2 Å². The summed E-state index contributed by atoms with van der Waals surface area (Å²) in [6.07, 6.45) is 1.23. The van der Waals surface area contributed by atoms with E-state index in [1.807, 2.05) is 0 Å². The second-order valence-corrected chi connectivity index (χ2v) is 6.40. The highest BCUT2D eigenvalue weighted by Gasteiger charge is 2.12. The van der Waals surface area contributed by atoms with Crippen molar-refractivity contribution >= 4 is 0 Å². The van der Waals surface area contributed by atoms with Gasteiger partial charge in [0.15, 0.2) is 0 Å². The zero-order valence-electron chi connectivity index (χ0n) is 13.5. The lowest BCUT2D eigenvalue weighted by molar-refractivity contribution is 0.305. The lowest BCUT2D eigenvalue weighted by Crippen LogP contribution is -2.38. The van der Waals surface area contributed by atoms with Gasteiger partial charge in [-0.2, -0.15) is 0 Å². The summed E-state index contributed by atoms with van der Waals surface area (Å²) in [5.41, 5.74) is 4.15. The Morgan fingerprint density at radius 1 is 1.16 bits per heavy atom. The summed E-state index contributed by atoms with van der Waals surface area (Å²) < 4.78 is 0. The third-order valence-corrected chi connectivity index (χ3v) is 3.43. The van der Waals surface area contributed by atoms with Gasteiger partial charge in [-0.15, -0.1) is 0 Å². The topological polar surface area (TPSA) is 15.3 Å². The summed E-state index contributed by atoms with van der Waals surface area (Å²) in [7, 11) is 4.29. The lowest BCUT2D eigenvalue weighted by atomic mass is 10.0. The molecule has 0 saturated carbocycles. The summed E-state index contributed by atoms with van der Waals surface area (Å²) >= 11 is 0. The average molecular weight is 262 g/mol. The number of benzene rings is 1. The van der Waals surface area contributed by atoms with E-state index in [-0.39, 0.29) is 0 Å². The van der Waals surface area contributed by atoms with E-state index in [9.17, 15) is 0 Å². The summed E-state index contributed by atoms with van der Waals surface area (Å²) in [6, 6.07) is 7.26. The highest BCUT2D eigenvalue weighted by atomic mass is 15.1. The Hall–Kier alpha value is -0.860. The van der Waals surface area contributed by atoms with Crippen LogP contribution in [0.4, 0.5) is 0 Å². The summed E-state index contributed by atoms with van der Waals surface area (Å²) in [6.45, 7) is 11.0. The number of hydrogen-bond donors (Lipinski definition) is 1. The summed E-state index contributed by atoms with van der Waals surface area (Å²) in [4.78, 5) is 2.27. The molecule has 1 N–H and O–H groups in total. The molecule has 0 amide bonds. The maximum Gasteiger partial charge on any atom is 0.0211 e. The van der Waals surface area contributed by atoms with Crippen molar-refractivity contribution in [2.45, 2.75) is 46.7 Å². The molecule has 0 spiro atoms. The lowest BCUT2D eigenvalue weighted by Gasteiger charge is -2.24. The van der Waals surface area contributed by atoms with Gasteiger partial charge in [0.1, 0.15) is 0 Å². The first kappa shape index (κ1) is 16.2. The van der Waals surface area contributed by atoms with Crippen LogP contribution < -0.4 is 5.32 Å². The van der Waals surface area contributed by atoms with Crippen LogP contribution in [0.3, 0.4) is 0 Å². The van der Waals surface area contributed by atoms with Crippen LogP contribution in [0.5, 0.6) is 0 Å². The number of rotatable bonds is 7. The van der Waals surface area contributed by atoms with Gasteiger partial charge in [-0.25, -0.2) is 0 Å². The Kier molecular flexibility index (Phi) is 6.53. The molecule has 0 aliphatic carbocycles. The summed E-state index contributed by atoms with van der Waals surface area (Å²) in [5, 5.41) is 3.73. The van der Waals surface area contributed by atoms with Crippen molar-refractivity contribution in [2.75, 3.05) is 20.6 Å². The SMILES string of the molecule is Cc1ccc(C)c(CNC(CC(C)C)CN(C)C)c1. The maximum absolute atomic E-state index is 3.73. The predicted octanol–water partition coefficient (Wildman–Crippen LogP) is 3.37. The van der Waals surface area contributed by atoms with Crippen molar-refractivity contribution < 1.29 is 0 Å². The molecule has 0 aliphatic rings. The first-order valence-corrected chi connectivity index (χ1v) is 7.32. The zero-order valence-corrected chi connectivity index (χ0v) is 13.5. The van der Waals surface area contributed by atoms with Gasteiger partial charge in [-0.05, 0) is 51.4 Å². The van der Waals surface area contributed by atoms with Gasteiger partial charge in [-0.1, -0.05) is 37.6 Å². The third-order valence-electron chi connectivity index (χ3n) is 3.43. The standard InChI is InChI=1S/C17H30N2/c1-13(2)9-17(12-19(5)6)18-11-16-10-14(3)7-8-15(16)4/h7-8,10,13,17-18H,9,11-12H2,1-6H3. The molecule has 0 radical (unpaired) electrons. The van der Waals surface area contributed by atoms with E-state index in [1.165, 1.54) is 23.1 Å². The predicted molar refractivity (Wildman–Crippen MR) is 84.6 cm³/mol. The Morgan fingerprint density at radius 2 is 1.84 bits per heavy atom. The van der Waals surface area contributed by atoms with Gasteiger partial charge in [0.2, 0.25) is 0 Å². The average Bonchev–Trinajstić information content (AvgIpc) is 2.28. The molecule has 0 aromatic heterocycles. The van der Waals surface area contributed by atoms with E-state index in [0.717, 1.165) is 19.0 Å². The van der Waals surface area contributed by atoms with E-state index in [1.54, 1.807) is 0 Å². The van der Waals surface area contributed by atoms with Gasteiger partial charge in [-0.3, -0.25) is 0 Å². The number of aryl methyl sites for hydroxylation is 2. The van der Waals surface area contributed by atoms with Crippen molar-refractivity contribution in [2.24, 2.45) is 5.92 Å². The molecular formula is C17H30N2. The first-order chi connectivity index (χ1) is 8.88. The van der Waals surface area contributed by atoms with Crippen molar-refractivity contribution in [3.8, 4) is 0 Å².